The van der Waals surface area contributed by atoms with E-state index in [4.69, 9.17) is 4.74 Å². The maximum absolute atomic E-state index is 12.3. The first kappa shape index (κ1) is 18.1. The Bertz CT molecular complexity index is 717. The molecule has 7 heteroatoms. The molecule has 2 amide bonds. The van der Waals surface area contributed by atoms with E-state index in [1.807, 2.05) is 6.07 Å². The molecule has 0 aliphatic carbocycles. The summed E-state index contributed by atoms with van der Waals surface area (Å²) in [5.74, 6) is -0.531. The lowest BCUT2D eigenvalue weighted by atomic mass is 10.0. The second kappa shape index (κ2) is 8.12. The number of anilines is 1. The zero-order valence-electron chi connectivity index (χ0n) is 14.9. The van der Waals surface area contributed by atoms with Crippen molar-refractivity contribution in [1.29, 1.82) is 0 Å². The van der Waals surface area contributed by atoms with Crippen LogP contribution in [0.4, 0.5) is 5.69 Å². The molecular formula is C19H23N3O4. The Hall–Kier alpha value is -2.70. The molecule has 7 nitrogen and oxygen atoms in total. The van der Waals surface area contributed by atoms with Gasteiger partial charge in [-0.1, -0.05) is 25.1 Å². The molecule has 1 aromatic rings. The van der Waals surface area contributed by atoms with Crippen molar-refractivity contribution in [2.45, 2.75) is 32.6 Å². The molecule has 26 heavy (non-hydrogen) atoms. The first-order valence-corrected chi connectivity index (χ1v) is 8.95. The van der Waals surface area contributed by atoms with Crippen LogP contribution in [0.5, 0.6) is 0 Å². The Morgan fingerprint density at radius 1 is 1.23 bits per heavy atom. The quantitative estimate of drug-likeness (QED) is 0.772. The van der Waals surface area contributed by atoms with E-state index in [9.17, 15) is 14.4 Å². The van der Waals surface area contributed by atoms with Crippen LogP contribution in [0.3, 0.4) is 0 Å². The van der Waals surface area contributed by atoms with Crippen molar-refractivity contribution in [3.63, 3.8) is 0 Å². The van der Waals surface area contributed by atoms with Gasteiger partial charge in [0.15, 0.2) is 6.61 Å². The number of amides is 2. The molecule has 0 spiro atoms. The number of carbonyl (C=O) groups excluding carboxylic acids is 3. The van der Waals surface area contributed by atoms with Crippen molar-refractivity contribution < 1.29 is 19.1 Å². The number of benzene rings is 1. The van der Waals surface area contributed by atoms with Gasteiger partial charge < -0.3 is 9.64 Å². The number of carbonyl (C=O) groups is 3. The van der Waals surface area contributed by atoms with Crippen LogP contribution in [-0.2, 0) is 19.1 Å². The van der Waals surface area contributed by atoms with Gasteiger partial charge in [-0.15, -0.1) is 0 Å². The SMILES string of the molecule is C[C@H]1CCCN(C(=O)COC(=O)C2=NN(c3ccccc3)C(=O)CC2)C1. The van der Waals surface area contributed by atoms with Crippen molar-refractivity contribution in [3.05, 3.63) is 30.3 Å². The first-order chi connectivity index (χ1) is 12.5. The summed E-state index contributed by atoms with van der Waals surface area (Å²) < 4.78 is 5.15. The summed E-state index contributed by atoms with van der Waals surface area (Å²) in [4.78, 5) is 38.3. The van der Waals surface area contributed by atoms with Gasteiger partial charge in [0.05, 0.1) is 5.69 Å². The summed E-state index contributed by atoms with van der Waals surface area (Å²) in [6.07, 6.45) is 2.49. The zero-order chi connectivity index (χ0) is 18.5. The number of piperidine rings is 1. The highest BCUT2D eigenvalue weighted by atomic mass is 16.5. The molecule has 1 aromatic carbocycles. The highest BCUT2D eigenvalue weighted by molar-refractivity contribution is 6.38. The lowest BCUT2D eigenvalue weighted by Gasteiger charge is -2.30. The molecule has 2 aliphatic heterocycles. The van der Waals surface area contributed by atoms with Gasteiger partial charge in [0.25, 0.3) is 5.91 Å². The number of likely N-dealkylation sites (tertiary alicyclic amines) is 1. The summed E-state index contributed by atoms with van der Waals surface area (Å²) in [5, 5.41) is 5.35. The van der Waals surface area contributed by atoms with Gasteiger partial charge in [-0.2, -0.15) is 5.10 Å². The lowest BCUT2D eigenvalue weighted by molar-refractivity contribution is -0.147. The molecule has 1 saturated heterocycles. The number of para-hydroxylation sites is 1. The summed E-state index contributed by atoms with van der Waals surface area (Å²) in [6, 6.07) is 8.92. The zero-order valence-corrected chi connectivity index (χ0v) is 14.9. The second-order valence-corrected chi connectivity index (χ2v) is 6.75. The predicted molar refractivity (Wildman–Crippen MR) is 96.5 cm³/mol. The van der Waals surface area contributed by atoms with Crippen molar-refractivity contribution in [3.8, 4) is 0 Å². The average Bonchev–Trinajstić information content (AvgIpc) is 2.67. The van der Waals surface area contributed by atoms with E-state index in [-0.39, 0.29) is 37.0 Å². The van der Waals surface area contributed by atoms with Gasteiger partial charge in [-0.3, -0.25) is 9.59 Å². The average molecular weight is 357 g/mol. The first-order valence-electron chi connectivity index (χ1n) is 8.95. The molecule has 0 bridgehead atoms. The Kier molecular flexibility index (Phi) is 5.65. The fourth-order valence-corrected chi connectivity index (χ4v) is 3.19. The Labute approximate surface area is 152 Å². The molecule has 1 atom stereocenters. The smallest absolute Gasteiger partial charge is 0.355 e. The van der Waals surface area contributed by atoms with E-state index in [1.165, 1.54) is 5.01 Å². The highest BCUT2D eigenvalue weighted by Crippen LogP contribution is 2.20. The second-order valence-electron chi connectivity index (χ2n) is 6.75. The monoisotopic (exact) mass is 357 g/mol. The van der Waals surface area contributed by atoms with Gasteiger partial charge in [0.1, 0.15) is 5.71 Å². The minimum Gasteiger partial charge on any atom is -0.451 e. The largest absolute Gasteiger partial charge is 0.451 e. The van der Waals surface area contributed by atoms with Crippen molar-refractivity contribution in [2.24, 2.45) is 11.0 Å². The Morgan fingerprint density at radius 2 is 2.00 bits per heavy atom. The van der Waals surface area contributed by atoms with Crippen LogP contribution >= 0.6 is 0 Å². The predicted octanol–water partition coefficient (Wildman–Crippen LogP) is 1.97. The van der Waals surface area contributed by atoms with Crippen molar-refractivity contribution >= 4 is 29.2 Å². The molecule has 0 unspecified atom stereocenters. The van der Waals surface area contributed by atoms with Gasteiger partial charge >= 0.3 is 5.97 Å². The normalized spacial score (nSPS) is 20.6. The van der Waals surface area contributed by atoms with Crippen molar-refractivity contribution in [2.75, 3.05) is 24.7 Å². The number of rotatable bonds is 4. The number of ether oxygens (including phenoxy) is 1. The summed E-state index contributed by atoms with van der Waals surface area (Å²) in [6.45, 7) is 3.23. The molecule has 0 N–H and O–H groups in total. The van der Waals surface area contributed by atoms with Crippen LogP contribution < -0.4 is 5.01 Å². The minimum atomic E-state index is -0.642. The van der Waals surface area contributed by atoms with Gasteiger partial charge in [-0.25, -0.2) is 9.80 Å². The van der Waals surface area contributed by atoms with Crippen LogP contribution in [0, 0.1) is 5.92 Å². The van der Waals surface area contributed by atoms with Crippen molar-refractivity contribution in [1.82, 2.24) is 4.90 Å². The fourth-order valence-electron chi connectivity index (χ4n) is 3.19. The molecule has 0 aromatic heterocycles. The summed E-state index contributed by atoms with van der Waals surface area (Å²) in [7, 11) is 0. The third-order valence-electron chi connectivity index (χ3n) is 4.61. The minimum absolute atomic E-state index is 0.160. The van der Waals surface area contributed by atoms with E-state index in [2.05, 4.69) is 12.0 Å². The molecule has 0 radical (unpaired) electrons. The lowest BCUT2D eigenvalue weighted by Crippen LogP contribution is -2.42. The molecule has 2 aliphatic rings. The van der Waals surface area contributed by atoms with Crippen LogP contribution in [-0.4, -0.2) is 48.1 Å². The standard InChI is InChI=1S/C19H23N3O4/c1-14-6-5-11-21(12-14)18(24)13-26-19(25)16-9-10-17(23)22(20-16)15-7-3-2-4-8-15/h2-4,7-8,14H,5-6,9-13H2,1H3/t14-/m0/s1. The summed E-state index contributed by atoms with van der Waals surface area (Å²) >= 11 is 0. The fraction of sp³-hybridized carbons (Fsp3) is 0.474. The molecule has 1 fully saturated rings. The van der Waals surface area contributed by atoms with Gasteiger partial charge in [0.2, 0.25) is 5.91 Å². The van der Waals surface area contributed by atoms with Crippen LogP contribution in [0.1, 0.15) is 32.6 Å². The van der Waals surface area contributed by atoms with E-state index in [0.717, 1.165) is 12.8 Å². The van der Waals surface area contributed by atoms with Gasteiger partial charge in [0, 0.05) is 25.9 Å². The molecule has 138 valence electrons. The number of hydrogen-bond acceptors (Lipinski definition) is 5. The molecule has 3 rings (SSSR count). The number of nitrogens with zero attached hydrogens (tertiary/aromatic N) is 3. The third-order valence-corrected chi connectivity index (χ3v) is 4.61. The topological polar surface area (TPSA) is 79.3 Å². The Balaban J connectivity index is 1.60. The Morgan fingerprint density at radius 3 is 2.73 bits per heavy atom. The van der Waals surface area contributed by atoms with E-state index in [1.54, 1.807) is 29.2 Å². The maximum Gasteiger partial charge on any atom is 0.355 e. The summed E-state index contributed by atoms with van der Waals surface area (Å²) in [5.41, 5.74) is 0.758. The van der Waals surface area contributed by atoms with Gasteiger partial charge in [-0.05, 0) is 30.9 Å². The third kappa shape index (κ3) is 4.28. The maximum atomic E-state index is 12.3. The molecule has 2 heterocycles. The number of hydrogen-bond donors (Lipinski definition) is 0. The van der Waals surface area contributed by atoms with E-state index in [0.29, 0.717) is 24.7 Å². The van der Waals surface area contributed by atoms with Crippen LogP contribution in [0.2, 0.25) is 0 Å². The van der Waals surface area contributed by atoms with Crippen LogP contribution in [0.25, 0.3) is 0 Å². The highest BCUT2D eigenvalue weighted by Gasteiger charge is 2.28. The van der Waals surface area contributed by atoms with Crippen LogP contribution in [0.15, 0.2) is 35.4 Å². The van der Waals surface area contributed by atoms with E-state index >= 15 is 0 Å². The number of hydrazone groups is 1. The molecule has 0 saturated carbocycles. The van der Waals surface area contributed by atoms with E-state index < -0.39 is 5.97 Å². The number of esters is 1. The molecular weight excluding hydrogens is 334 g/mol.